The summed E-state index contributed by atoms with van der Waals surface area (Å²) in [5.74, 6) is 0. The molecule has 1 aromatic heterocycles. The molecule has 0 saturated heterocycles. The first-order chi connectivity index (χ1) is 12.1. The van der Waals surface area contributed by atoms with E-state index in [1.165, 1.54) is 23.5 Å². The number of allylic oxidation sites excluding steroid dienone is 1. The van der Waals surface area contributed by atoms with Crippen LogP contribution in [0.1, 0.15) is 10.6 Å². The third-order valence-corrected chi connectivity index (χ3v) is 4.74. The van der Waals surface area contributed by atoms with E-state index in [1.54, 1.807) is 23.6 Å². The molecule has 0 saturated carbocycles. The highest BCUT2D eigenvalue weighted by Gasteiger charge is 2.12. The standard InChI is InChI=1S/C18H10BrN3O2S/c19-15-5-1-3-12(8-15)7-14(10-20)18-21-17(11-25-18)13-4-2-6-16(9-13)22(23)24/h1-9,11H/b14-7+. The van der Waals surface area contributed by atoms with Gasteiger partial charge >= 0.3 is 0 Å². The summed E-state index contributed by atoms with van der Waals surface area (Å²) in [4.78, 5) is 14.9. The minimum atomic E-state index is -0.440. The van der Waals surface area contributed by atoms with Gasteiger partial charge in [0.15, 0.2) is 0 Å². The molecule has 7 heteroatoms. The normalized spacial score (nSPS) is 11.1. The van der Waals surface area contributed by atoms with Gasteiger partial charge in [-0.2, -0.15) is 5.26 Å². The molecule has 0 N–H and O–H groups in total. The number of nitro benzene ring substituents is 1. The first kappa shape index (κ1) is 17.0. The number of thiazole rings is 1. The number of hydrogen-bond acceptors (Lipinski definition) is 5. The van der Waals surface area contributed by atoms with Crippen molar-refractivity contribution in [3.8, 4) is 17.3 Å². The molecule has 25 heavy (non-hydrogen) atoms. The average Bonchev–Trinajstić information content (AvgIpc) is 3.10. The summed E-state index contributed by atoms with van der Waals surface area (Å²) in [6.45, 7) is 0. The second-order valence-corrected chi connectivity index (χ2v) is 6.84. The Morgan fingerprint density at radius 2 is 2.08 bits per heavy atom. The molecule has 0 aliphatic heterocycles. The molecule has 5 nitrogen and oxygen atoms in total. The number of benzene rings is 2. The number of nitro groups is 1. The van der Waals surface area contributed by atoms with Gasteiger partial charge in [0.25, 0.3) is 5.69 Å². The third-order valence-electron chi connectivity index (χ3n) is 3.37. The van der Waals surface area contributed by atoms with E-state index in [2.05, 4.69) is 27.0 Å². The molecule has 3 rings (SSSR count). The molecule has 0 fully saturated rings. The van der Waals surface area contributed by atoms with E-state index in [4.69, 9.17) is 0 Å². The number of nitrogens with zero attached hydrogens (tertiary/aromatic N) is 3. The van der Waals surface area contributed by atoms with Gasteiger partial charge in [0, 0.05) is 27.5 Å². The lowest BCUT2D eigenvalue weighted by molar-refractivity contribution is -0.384. The summed E-state index contributed by atoms with van der Waals surface area (Å²) < 4.78 is 0.926. The molecule has 0 bridgehead atoms. The Balaban J connectivity index is 1.96. The molecular weight excluding hydrogens is 402 g/mol. The quantitative estimate of drug-likeness (QED) is 0.320. The molecule has 122 valence electrons. The smallest absolute Gasteiger partial charge is 0.258 e. The van der Waals surface area contributed by atoms with Crippen LogP contribution in [-0.2, 0) is 0 Å². The molecule has 1 heterocycles. The van der Waals surface area contributed by atoms with Gasteiger partial charge in [-0.3, -0.25) is 10.1 Å². The molecule has 0 radical (unpaired) electrons. The van der Waals surface area contributed by atoms with Gasteiger partial charge < -0.3 is 0 Å². The Hall–Kier alpha value is -2.82. The van der Waals surface area contributed by atoms with Crippen LogP contribution >= 0.6 is 27.3 Å². The van der Waals surface area contributed by atoms with Crippen LogP contribution < -0.4 is 0 Å². The lowest BCUT2D eigenvalue weighted by Gasteiger charge is -1.98. The molecule has 0 spiro atoms. The van der Waals surface area contributed by atoms with Crippen molar-refractivity contribution in [1.29, 1.82) is 5.26 Å². The van der Waals surface area contributed by atoms with Crippen LogP contribution in [-0.4, -0.2) is 9.91 Å². The van der Waals surface area contributed by atoms with Crippen molar-refractivity contribution in [2.24, 2.45) is 0 Å². The summed E-state index contributed by atoms with van der Waals surface area (Å²) in [7, 11) is 0. The molecule has 0 atom stereocenters. The van der Waals surface area contributed by atoms with Gasteiger partial charge in [-0.15, -0.1) is 11.3 Å². The van der Waals surface area contributed by atoms with Crippen molar-refractivity contribution in [2.75, 3.05) is 0 Å². The zero-order valence-corrected chi connectivity index (χ0v) is 15.1. The summed E-state index contributed by atoms with van der Waals surface area (Å²) in [5.41, 5.74) is 2.60. The van der Waals surface area contributed by atoms with Crippen molar-refractivity contribution in [1.82, 2.24) is 4.98 Å². The first-order valence-electron chi connectivity index (χ1n) is 7.15. The Morgan fingerprint density at radius 3 is 2.80 bits per heavy atom. The maximum Gasteiger partial charge on any atom is 0.270 e. The fourth-order valence-corrected chi connectivity index (χ4v) is 3.43. The van der Waals surface area contributed by atoms with E-state index in [-0.39, 0.29) is 5.69 Å². The summed E-state index contributed by atoms with van der Waals surface area (Å²) in [6.07, 6.45) is 1.76. The summed E-state index contributed by atoms with van der Waals surface area (Å²) in [5, 5.41) is 22.7. The lowest BCUT2D eigenvalue weighted by atomic mass is 10.1. The lowest BCUT2D eigenvalue weighted by Crippen LogP contribution is -1.88. The highest BCUT2D eigenvalue weighted by molar-refractivity contribution is 9.10. The average molecular weight is 412 g/mol. The number of non-ortho nitro benzene ring substituents is 1. The SMILES string of the molecule is N#C/C(=C\c1cccc(Br)c1)c1nc(-c2cccc([N+](=O)[O-])c2)cs1. The number of halogens is 1. The van der Waals surface area contributed by atoms with Crippen LogP contribution in [0.4, 0.5) is 5.69 Å². The van der Waals surface area contributed by atoms with Crippen molar-refractivity contribution < 1.29 is 4.92 Å². The first-order valence-corrected chi connectivity index (χ1v) is 8.82. The molecule has 0 unspecified atom stereocenters. The van der Waals surface area contributed by atoms with Gasteiger partial charge in [-0.25, -0.2) is 4.98 Å². The van der Waals surface area contributed by atoms with Crippen LogP contribution in [0.2, 0.25) is 0 Å². The summed E-state index contributed by atoms with van der Waals surface area (Å²) >= 11 is 4.73. The number of nitriles is 1. The van der Waals surface area contributed by atoms with E-state index in [0.717, 1.165) is 10.0 Å². The maximum atomic E-state index is 10.9. The third kappa shape index (κ3) is 3.99. The second-order valence-electron chi connectivity index (χ2n) is 5.07. The van der Waals surface area contributed by atoms with Crippen LogP contribution in [0.15, 0.2) is 58.4 Å². The van der Waals surface area contributed by atoms with Crippen molar-refractivity contribution >= 4 is 44.6 Å². The molecule has 3 aromatic rings. The number of rotatable bonds is 4. The van der Waals surface area contributed by atoms with E-state index in [1.807, 2.05) is 24.3 Å². The summed E-state index contributed by atoms with van der Waals surface area (Å²) in [6, 6.07) is 16.1. The molecule has 0 aliphatic rings. The van der Waals surface area contributed by atoms with Gasteiger partial charge in [-0.05, 0) is 23.8 Å². The van der Waals surface area contributed by atoms with Crippen LogP contribution in [0.3, 0.4) is 0 Å². The predicted molar refractivity (Wildman–Crippen MR) is 102 cm³/mol. The Morgan fingerprint density at radius 1 is 1.28 bits per heavy atom. The van der Waals surface area contributed by atoms with Crippen molar-refractivity contribution in [3.05, 3.63) is 79.1 Å². The van der Waals surface area contributed by atoms with Gasteiger partial charge in [0.05, 0.1) is 16.2 Å². The monoisotopic (exact) mass is 411 g/mol. The van der Waals surface area contributed by atoms with Crippen molar-refractivity contribution in [3.63, 3.8) is 0 Å². The maximum absolute atomic E-state index is 10.9. The fourth-order valence-electron chi connectivity index (χ4n) is 2.21. The molecule has 0 aliphatic carbocycles. The van der Waals surface area contributed by atoms with E-state index in [0.29, 0.717) is 21.8 Å². The molecular formula is C18H10BrN3O2S. The second kappa shape index (κ2) is 7.38. The minimum Gasteiger partial charge on any atom is -0.258 e. The Kier molecular flexibility index (Phi) is 5.03. The molecule has 0 amide bonds. The minimum absolute atomic E-state index is 0.0113. The topological polar surface area (TPSA) is 79.8 Å². The zero-order chi connectivity index (χ0) is 17.8. The highest BCUT2D eigenvalue weighted by Crippen LogP contribution is 2.29. The Labute approximate surface area is 156 Å². The van der Waals surface area contributed by atoms with Gasteiger partial charge in [0.1, 0.15) is 11.1 Å². The van der Waals surface area contributed by atoms with Crippen LogP contribution in [0, 0.1) is 21.4 Å². The van der Waals surface area contributed by atoms with E-state index in [9.17, 15) is 15.4 Å². The number of aromatic nitrogens is 1. The van der Waals surface area contributed by atoms with E-state index >= 15 is 0 Å². The Bertz CT molecular complexity index is 1020. The zero-order valence-electron chi connectivity index (χ0n) is 12.7. The van der Waals surface area contributed by atoms with Gasteiger partial charge in [0.2, 0.25) is 0 Å². The fraction of sp³-hybridized carbons (Fsp3) is 0. The highest BCUT2D eigenvalue weighted by atomic mass is 79.9. The molecule has 2 aromatic carbocycles. The van der Waals surface area contributed by atoms with Gasteiger partial charge in [-0.1, -0.05) is 40.2 Å². The van der Waals surface area contributed by atoms with Crippen molar-refractivity contribution in [2.45, 2.75) is 0 Å². The van der Waals surface area contributed by atoms with Crippen LogP contribution in [0.5, 0.6) is 0 Å². The largest absolute Gasteiger partial charge is 0.270 e. The van der Waals surface area contributed by atoms with Crippen LogP contribution in [0.25, 0.3) is 22.9 Å². The predicted octanol–water partition coefficient (Wildman–Crippen LogP) is 5.54. The number of hydrogen-bond donors (Lipinski definition) is 0. The van der Waals surface area contributed by atoms with E-state index < -0.39 is 4.92 Å².